The number of aromatic carboxylic acids is 1. The van der Waals surface area contributed by atoms with Gasteiger partial charge in [0.2, 0.25) is 0 Å². The Morgan fingerprint density at radius 1 is 0.914 bits per heavy atom. The van der Waals surface area contributed by atoms with Crippen LogP contribution in [-0.2, 0) is 20.4 Å². The number of hydrogen-bond acceptors (Lipinski definition) is 4. The maximum absolute atomic E-state index is 13.4. The van der Waals surface area contributed by atoms with Gasteiger partial charge in [-0.2, -0.15) is 0 Å². The average molecular weight is 481 g/mol. The molecule has 0 aromatic heterocycles. The zero-order valence-corrected chi connectivity index (χ0v) is 21.6. The zero-order chi connectivity index (χ0) is 26.2. The summed E-state index contributed by atoms with van der Waals surface area (Å²) in [6, 6.07) is 10.8. The molecule has 1 atom stereocenters. The van der Waals surface area contributed by atoms with Crippen LogP contribution in [0, 0.1) is 0 Å². The first-order chi connectivity index (χ1) is 16.1. The van der Waals surface area contributed by atoms with Gasteiger partial charge in [-0.15, -0.1) is 0 Å². The Labute approximate surface area is 207 Å². The lowest BCUT2D eigenvalue weighted by atomic mass is 9.63. The molecule has 1 unspecified atom stereocenters. The summed E-state index contributed by atoms with van der Waals surface area (Å²) in [4.78, 5) is 37.2. The third-order valence-electron chi connectivity index (χ3n) is 6.53. The van der Waals surface area contributed by atoms with Crippen molar-refractivity contribution in [2.24, 2.45) is 0 Å². The standard InChI is InChI=1S/C28H36N2O5/c1-26(2,3)35-25(34)30-22(23(31)29-19-11-8-17(9-12-19)24(32)33)18-10-13-20-21(16-18)28(6,7)15-14-27(20,4)5/h8-13,16,22H,14-15H2,1-7H3,(H,29,31)(H,30,34)(H,32,33). The molecule has 1 aliphatic carbocycles. The molecule has 188 valence electrons. The Morgan fingerprint density at radius 2 is 1.49 bits per heavy atom. The van der Waals surface area contributed by atoms with Crippen LogP contribution in [0.2, 0.25) is 0 Å². The maximum Gasteiger partial charge on any atom is 0.408 e. The Morgan fingerprint density at radius 3 is 2.03 bits per heavy atom. The molecule has 7 nitrogen and oxygen atoms in total. The van der Waals surface area contributed by atoms with Crippen LogP contribution >= 0.6 is 0 Å². The molecule has 0 bridgehead atoms. The highest BCUT2D eigenvalue weighted by molar-refractivity contribution is 5.98. The van der Waals surface area contributed by atoms with Crippen molar-refractivity contribution in [1.82, 2.24) is 5.32 Å². The molecule has 0 heterocycles. The van der Waals surface area contributed by atoms with E-state index in [0.717, 1.165) is 12.8 Å². The Hall–Kier alpha value is -3.35. The van der Waals surface area contributed by atoms with Gasteiger partial charge in [0.25, 0.3) is 5.91 Å². The number of carbonyl (C=O) groups is 3. The van der Waals surface area contributed by atoms with E-state index in [1.165, 1.54) is 35.4 Å². The van der Waals surface area contributed by atoms with Crippen molar-refractivity contribution >= 4 is 23.7 Å². The van der Waals surface area contributed by atoms with E-state index < -0.39 is 29.6 Å². The van der Waals surface area contributed by atoms with E-state index in [1.54, 1.807) is 20.8 Å². The molecule has 0 spiro atoms. The second-order valence-corrected chi connectivity index (χ2v) is 11.5. The number of anilines is 1. The van der Waals surface area contributed by atoms with Crippen molar-refractivity contribution in [1.29, 1.82) is 0 Å². The van der Waals surface area contributed by atoms with Crippen LogP contribution < -0.4 is 10.6 Å². The lowest BCUT2D eigenvalue weighted by Gasteiger charge is -2.42. The molecule has 0 saturated heterocycles. The average Bonchev–Trinajstić information content (AvgIpc) is 2.74. The number of amides is 2. The van der Waals surface area contributed by atoms with Crippen LogP contribution in [0.25, 0.3) is 0 Å². The Kier molecular flexibility index (Phi) is 7.02. The molecule has 35 heavy (non-hydrogen) atoms. The van der Waals surface area contributed by atoms with Gasteiger partial charge >= 0.3 is 12.1 Å². The Bertz CT molecular complexity index is 1130. The quantitative estimate of drug-likeness (QED) is 0.491. The molecule has 0 saturated carbocycles. The fraction of sp³-hybridized carbons (Fsp3) is 0.464. The minimum atomic E-state index is -1.05. The van der Waals surface area contributed by atoms with E-state index in [-0.39, 0.29) is 16.4 Å². The number of carboxylic acid groups (broad SMARTS) is 1. The summed E-state index contributed by atoms with van der Waals surface area (Å²) in [5.74, 6) is -1.50. The summed E-state index contributed by atoms with van der Waals surface area (Å²) >= 11 is 0. The summed E-state index contributed by atoms with van der Waals surface area (Å²) in [6.07, 6.45) is 1.39. The molecule has 3 N–H and O–H groups in total. The lowest BCUT2D eigenvalue weighted by molar-refractivity contribution is -0.118. The van der Waals surface area contributed by atoms with Crippen molar-refractivity contribution in [2.75, 3.05) is 5.32 Å². The predicted octanol–water partition coefficient (Wildman–Crippen LogP) is 5.94. The van der Waals surface area contributed by atoms with Gasteiger partial charge in [0.05, 0.1) is 5.56 Å². The third kappa shape index (κ3) is 6.21. The fourth-order valence-electron chi connectivity index (χ4n) is 4.42. The maximum atomic E-state index is 13.4. The minimum Gasteiger partial charge on any atom is -0.478 e. The summed E-state index contributed by atoms with van der Waals surface area (Å²) in [6.45, 7) is 14.1. The van der Waals surface area contributed by atoms with E-state index in [2.05, 4.69) is 44.4 Å². The number of benzene rings is 2. The number of ether oxygens (including phenoxy) is 1. The van der Waals surface area contributed by atoms with Crippen LogP contribution in [0.1, 0.15) is 94.4 Å². The predicted molar refractivity (Wildman–Crippen MR) is 136 cm³/mol. The molecule has 0 radical (unpaired) electrons. The first-order valence-corrected chi connectivity index (χ1v) is 11.9. The van der Waals surface area contributed by atoms with Crippen LogP contribution in [0.3, 0.4) is 0 Å². The van der Waals surface area contributed by atoms with Crippen molar-refractivity contribution in [2.45, 2.75) is 83.8 Å². The van der Waals surface area contributed by atoms with E-state index in [1.807, 2.05) is 12.1 Å². The van der Waals surface area contributed by atoms with E-state index in [0.29, 0.717) is 11.3 Å². The summed E-state index contributed by atoms with van der Waals surface area (Å²) < 4.78 is 5.42. The largest absolute Gasteiger partial charge is 0.478 e. The van der Waals surface area contributed by atoms with Crippen LogP contribution in [0.5, 0.6) is 0 Å². The molecular weight excluding hydrogens is 444 g/mol. The van der Waals surface area contributed by atoms with E-state index >= 15 is 0 Å². The van der Waals surface area contributed by atoms with Crippen molar-refractivity contribution in [3.05, 3.63) is 64.7 Å². The second kappa shape index (κ2) is 9.36. The molecule has 0 fully saturated rings. The van der Waals surface area contributed by atoms with E-state index in [9.17, 15) is 14.4 Å². The number of rotatable bonds is 5. The molecule has 2 aromatic rings. The van der Waals surface area contributed by atoms with Gasteiger partial charge in [-0.3, -0.25) is 4.79 Å². The van der Waals surface area contributed by atoms with Crippen LogP contribution in [-0.4, -0.2) is 28.7 Å². The van der Waals surface area contributed by atoms with Gasteiger partial charge in [0.15, 0.2) is 0 Å². The molecule has 2 aromatic carbocycles. The molecule has 3 rings (SSSR count). The van der Waals surface area contributed by atoms with Gasteiger partial charge in [-0.25, -0.2) is 9.59 Å². The number of carbonyl (C=O) groups excluding carboxylic acids is 2. The zero-order valence-electron chi connectivity index (χ0n) is 21.6. The molecule has 7 heteroatoms. The SMILES string of the molecule is CC(C)(C)OC(=O)NC(C(=O)Nc1ccc(C(=O)O)cc1)c1ccc2c(c1)C(C)(C)CCC2(C)C. The molecular formula is C28H36N2O5. The van der Waals surface area contributed by atoms with Crippen molar-refractivity contribution in [3.63, 3.8) is 0 Å². The topological polar surface area (TPSA) is 105 Å². The Balaban J connectivity index is 1.97. The lowest BCUT2D eigenvalue weighted by Crippen LogP contribution is -2.40. The summed E-state index contributed by atoms with van der Waals surface area (Å²) in [5, 5.41) is 14.6. The van der Waals surface area contributed by atoms with Crippen molar-refractivity contribution < 1.29 is 24.2 Å². The number of alkyl carbamates (subject to hydrolysis) is 1. The number of carboxylic acids is 1. The normalized spacial score (nSPS) is 17.0. The van der Waals surface area contributed by atoms with Gasteiger partial charge < -0.3 is 20.5 Å². The van der Waals surface area contributed by atoms with Gasteiger partial charge in [-0.05, 0) is 85.4 Å². The summed E-state index contributed by atoms with van der Waals surface area (Å²) in [5.41, 5.74) is 2.84. The molecule has 1 aliphatic rings. The first-order valence-electron chi connectivity index (χ1n) is 11.9. The number of nitrogens with one attached hydrogen (secondary N) is 2. The minimum absolute atomic E-state index is 0.0195. The second-order valence-electron chi connectivity index (χ2n) is 11.5. The number of fused-ring (bicyclic) bond motifs is 1. The molecule has 0 aliphatic heterocycles. The smallest absolute Gasteiger partial charge is 0.408 e. The van der Waals surface area contributed by atoms with Gasteiger partial charge in [-0.1, -0.05) is 45.9 Å². The fourth-order valence-corrected chi connectivity index (χ4v) is 4.42. The number of hydrogen-bond donors (Lipinski definition) is 3. The first kappa shape index (κ1) is 26.3. The molecule has 2 amide bonds. The van der Waals surface area contributed by atoms with Gasteiger partial charge in [0.1, 0.15) is 11.6 Å². The highest BCUT2D eigenvalue weighted by Crippen LogP contribution is 2.46. The van der Waals surface area contributed by atoms with Crippen LogP contribution in [0.15, 0.2) is 42.5 Å². The summed E-state index contributed by atoms with van der Waals surface area (Å²) in [7, 11) is 0. The monoisotopic (exact) mass is 480 g/mol. The van der Waals surface area contributed by atoms with E-state index in [4.69, 9.17) is 9.84 Å². The van der Waals surface area contributed by atoms with Crippen LogP contribution in [0.4, 0.5) is 10.5 Å². The third-order valence-corrected chi connectivity index (χ3v) is 6.53. The highest BCUT2D eigenvalue weighted by atomic mass is 16.6. The highest BCUT2D eigenvalue weighted by Gasteiger charge is 2.38. The van der Waals surface area contributed by atoms with Crippen molar-refractivity contribution in [3.8, 4) is 0 Å². The van der Waals surface area contributed by atoms with Gasteiger partial charge in [0, 0.05) is 5.69 Å².